The average Bonchev–Trinajstić information content (AvgIpc) is 2.55. The van der Waals surface area contributed by atoms with E-state index in [0.717, 1.165) is 18.1 Å². The lowest BCUT2D eigenvalue weighted by molar-refractivity contribution is -0.751. The molecular formula is C12H13Cl3N3+. The highest BCUT2D eigenvalue weighted by atomic mass is 35.5. The van der Waals surface area contributed by atoms with E-state index in [1.54, 1.807) is 12.1 Å². The Kier molecular flexibility index (Phi) is 3.85. The molecule has 3 nitrogen and oxygen atoms in total. The Bertz CT molecular complexity index is 582. The molecule has 2 aromatic rings. The zero-order chi connectivity index (χ0) is 13.4. The van der Waals surface area contributed by atoms with Crippen LogP contribution in [-0.2, 0) is 13.5 Å². The Hall–Kier alpha value is -0.770. The molecule has 0 aliphatic heterocycles. The van der Waals surface area contributed by atoms with E-state index in [0.29, 0.717) is 20.8 Å². The number of aromatic nitrogens is 3. The predicted octanol–water partition coefficient (Wildman–Crippen LogP) is 3.53. The summed E-state index contributed by atoms with van der Waals surface area (Å²) in [5.41, 5.74) is 0.711. The molecule has 0 radical (unpaired) electrons. The van der Waals surface area contributed by atoms with Crippen molar-refractivity contribution < 1.29 is 4.68 Å². The molecule has 0 unspecified atom stereocenters. The summed E-state index contributed by atoms with van der Waals surface area (Å²) in [4.78, 5) is 4.49. The van der Waals surface area contributed by atoms with Gasteiger partial charge in [-0.3, -0.25) is 0 Å². The lowest BCUT2D eigenvalue weighted by Gasteiger charge is -2.09. The van der Waals surface area contributed by atoms with E-state index in [9.17, 15) is 0 Å². The summed E-state index contributed by atoms with van der Waals surface area (Å²) in [6.45, 7) is 3.98. The fourth-order valence-corrected chi connectivity index (χ4v) is 2.85. The molecule has 0 saturated heterocycles. The van der Waals surface area contributed by atoms with E-state index in [4.69, 9.17) is 34.8 Å². The van der Waals surface area contributed by atoms with Crippen molar-refractivity contribution in [2.24, 2.45) is 7.05 Å². The van der Waals surface area contributed by atoms with Crippen LogP contribution in [0.15, 0.2) is 12.1 Å². The fraction of sp³-hybridized carbons (Fsp3) is 0.333. The number of rotatable bonds is 2. The number of hydrogen-bond donors (Lipinski definition) is 0. The van der Waals surface area contributed by atoms with Gasteiger partial charge in [0.25, 0.3) is 5.82 Å². The standard InChI is InChI=1S/C12H13Cl3N3/c1-4-11-16-7(2)17(3)18(11)12-9(14)5-8(13)6-10(12)15/h5-6H,4H2,1-3H3/q+1. The molecule has 1 aromatic carbocycles. The smallest absolute Gasteiger partial charge is 0.152 e. The van der Waals surface area contributed by atoms with Crippen LogP contribution in [0.25, 0.3) is 5.69 Å². The SMILES string of the molecule is CCc1nc(C)[n+](C)n1-c1c(Cl)cc(Cl)cc1Cl. The number of nitrogens with zero attached hydrogens (tertiary/aromatic N) is 3. The maximum atomic E-state index is 6.25. The minimum atomic E-state index is 0.509. The quantitative estimate of drug-likeness (QED) is 0.778. The monoisotopic (exact) mass is 304 g/mol. The molecule has 2 rings (SSSR count). The van der Waals surface area contributed by atoms with Gasteiger partial charge in [-0.1, -0.05) is 41.7 Å². The first-order valence-electron chi connectivity index (χ1n) is 5.55. The van der Waals surface area contributed by atoms with Gasteiger partial charge in [0.1, 0.15) is 12.7 Å². The van der Waals surface area contributed by atoms with Crippen LogP contribution >= 0.6 is 34.8 Å². The molecule has 1 aromatic heterocycles. The largest absolute Gasteiger partial charge is 0.316 e. The fourth-order valence-electron chi connectivity index (χ4n) is 1.87. The van der Waals surface area contributed by atoms with Gasteiger partial charge in [-0.2, -0.15) is 4.68 Å². The zero-order valence-electron chi connectivity index (χ0n) is 10.3. The van der Waals surface area contributed by atoms with Crippen LogP contribution < -0.4 is 4.68 Å². The van der Waals surface area contributed by atoms with Gasteiger partial charge >= 0.3 is 5.82 Å². The number of aryl methyl sites for hydroxylation is 2. The molecule has 0 fully saturated rings. The summed E-state index contributed by atoms with van der Waals surface area (Å²) in [5.74, 6) is 1.80. The topological polar surface area (TPSA) is 21.7 Å². The van der Waals surface area contributed by atoms with Gasteiger partial charge in [-0.25, -0.2) is 0 Å². The number of hydrogen-bond acceptors (Lipinski definition) is 1. The van der Waals surface area contributed by atoms with E-state index >= 15 is 0 Å². The molecular weight excluding hydrogens is 293 g/mol. The second-order valence-electron chi connectivity index (χ2n) is 3.98. The minimum Gasteiger partial charge on any atom is -0.152 e. The molecule has 0 bridgehead atoms. The number of halogens is 3. The number of benzene rings is 1. The van der Waals surface area contributed by atoms with Gasteiger partial charge in [-0.05, 0) is 17.1 Å². The Balaban J connectivity index is 2.77. The van der Waals surface area contributed by atoms with E-state index in [-0.39, 0.29) is 0 Å². The van der Waals surface area contributed by atoms with Gasteiger partial charge in [-0.15, -0.1) is 4.68 Å². The Morgan fingerprint density at radius 2 is 1.78 bits per heavy atom. The summed E-state index contributed by atoms with van der Waals surface area (Å²) >= 11 is 18.4. The molecule has 1 heterocycles. The molecule has 0 spiro atoms. The molecule has 18 heavy (non-hydrogen) atoms. The second-order valence-corrected chi connectivity index (χ2v) is 5.23. The summed E-state index contributed by atoms with van der Waals surface area (Å²) in [5, 5.41) is 1.54. The maximum absolute atomic E-state index is 6.25. The lowest BCUT2D eigenvalue weighted by Crippen LogP contribution is -2.41. The maximum Gasteiger partial charge on any atom is 0.316 e. The van der Waals surface area contributed by atoms with Crippen LogP contribution in [-0.4, -0.2) is 9.67 Å². The van der Waals surface area contributed by atoms with E-state index in [1.807, 2.05) is 30.3 Å². The summed E-state index contributed by atoms with van der Waals surface area (Å²) < 4.78 is 3.83. The zero-order valence-corrected chi connectivity index (χ0v) is 12.6. The van der Waals surface area contributed by atoms with Crippen molar-refractivity contribution in [1.82, 2.24) is 9.67 Å². The Morgan fingerprint density at radius 1 is 1.22 bits per heavy atom. The van der Waals surface area contributed by atoms with Crippen LogP contribution in [0.1, 0.15) is 18.6 Å². The van der Waals surface area contributed by atoms with Gasteiger partial charge < -0.3 is 0 Å². The summed E-state index contributed by atoms with van der Waals surface area (Å²) in [7, 11) is 1.92. The molecule has 0 amide bonds. The molecule has 0 atom stereocenters. The highest BCUT2D eigenvalue weighted by molar-refractivity contribution is 6.40. The van der Waals surface area contributed by atoms with Gasteiger partial charge in [0.05, 0.1) is 10.0 Å². The third kappa shape index (κ3) is 2.22. The third-order valence-electron chi connectivity index (χ3n) is 2.81. The van der Waals surface area contributed by atoms with Crippen molar-refractivity contribution in [3.63, 3.8) is 0 Å². The first kappa shape index (κ1) is 13.7. The molecule has 0 N–H and O–H groups in total. The average molecular weight is 306 g/mol. The van der Waals surface area contributed by atoms with Crippen LogP contribution in [0, 0.1) is 6.92 Å². The predicted molar refractivity (Wildman–Crippen MR) is 73.9 cm³/mol. The van der Waals surface area contributed by atoms with Crippen LogP contribution in [0.5, 0.6) is 0 Å². The highest BCUT2D eigenvalue weighted by Gasteiger charge is 2.23. The Labute approximate surface area is 121 Å². The van der Waals surface area contributed by atoms with Crippen molar-refractivity contribution in [3.05, 3.63) is 38.8 Å². The van der Waals surface area contributed by atoms with Crippen LogP contribution in [0.4, 0.5) is 0 Å². The van der Waals surface area contributed by atoms with Crippen molar-refractivity contribution >= 4 is 34.8 Å². The van der Waals surface area contributed by atoms with Crippen molar-refractivity contribution in [2.45, 2.75) is 20.3 Å². The van der Waals surface area contributed by atoms with E-state index in [2.05, 4.69) is 4.98 Å². The van der Waals surface area contributed by atoms with Gasteiger partial charge in [0.15, 0.2) is 0 Å². The third-order valence-corrected chi connectivity index (χ3v) is 3.61. The van der Waals surface area contributed by atoms with E-state index < -0.39 is 0 Å². The summed E-state index contributed by atoms with van der Waals surface area (Å²) in [6.07, 6.45) is 0.789. The first-order chi connectivity index (χ1) is 8.45. The van der Waals surface area contributed by atoms with E-state index in [1.165, 1.54) is 0 Å². The highest BCUT2D eigenvalue weighted by Crippen LogP contribution is 2.32. The van der Waals surface area contributed by atoms with Crippen LogP contribution in [0.2, 0.25) is 15.1 Å². The van der Waals surface area contributed by atoms with Gasteiger partial charge in [0, 0.05) is 18.4 Å². The lowest BCUT2D eigenvalue weighted by atomic mass is 10.3. The molecule has 6 heteroatoms. The van der Waals surface area contributed by atoms with Crippen molar-refractivity contribution in [2.75, 3.05) is 0 Å². The Morgan fingerprint density at radius 3 is 2.28 bits per heavy atom. The molecule has 96 valence electrons. The second kappa shape index (κ2) is 5.08. The molecule has 0 aliphatic rings. The summed E-state index contributed by atoms with van der Waals surface area (Å²) in [6, 6.07) is 3.36. The van der Waals surface area contributed by atoms with Crippen LogP contribution in [0.3, 0.4) is 0 Å². The van der Waals surface area contributed by atoms with Crippen molar-refractivity contribution in [3.8, 4) is 5.69 Å². The van der Waals surface area contributed by atoms with Crippen molar-refractivity contribution in [1.29, 1.82) is 0 Å². The van der Waals surface area contributed by atoms with Gasteiger partial charge in [0.2, 0.25) is 0 Å². The first-order valence-corrected chi connectivity index (χ1v) is 6.68. The molecule has 0 saturated carbocycles. The normalized spacial score (nSPS) is 11.0. The molecule has 0 aliphatic carbocycles. The minimum absolute atomic E-state index is 0.509.